The summed E-state index contributed by atoms with van der Waals surface area (Å²) in [5.74, 6) is 0. The van der Waals surface area contributed by atoms with E-state index in [4.69, 9.17) is 28.6 Å². The van der Waals surface area contributed by atoms with Crippen LogP contribution in [0.4, 0.5) is 5.69 Å². The lowest BCUT2D eigenvalue weighted by Crippen LogP contribution is -2.00. The van der Waals surface area contributed by atoms with Crippen molar-refractivity contribution < 1.29 is 0 Å². The third kappa shape index (κ3) is 3.73. The largest absolute Gasteiger partial charge is 0.388 e. The summed E-state index contributed by atoms with van der Waals surface area (Å²) in [4.78, 5) is 0. The smallest absolute Gasteiger partial charge is 0.0613 e. The standard InChI is InChI=1S/C9H10Cl2N2.C2H6/c1-5(12)6-3-7(10)8(11)4-9(6)13-2;1-2/h3-4,12-13H,1-2H3;1-2H3. The van der Waals surface area contributed by atoms with Crippen molar-refractivity contribution in [3.8, 4) is 0 Å². The molecule has 0 atom stereocenters. The Bertz CT molecular complexity index is 349. The summed E-state index contributed by atoms with van der Waals surface area (Å²) in [6.45, 7) is 5.71. The summed E-state index contributed by atoms with van der Waals surface area (Å²) >= 11 is 11.7. The monoisotopic (exact) mass is 246 g/mol. The molecule has 0 aliphatic carbocycles. The molecule has 2 N–H and O–H groups in total. The molecule has 1 aromatic carbocycles. The summed E-state index contributed by atoms with van der Waals surface area (Å²) in [5.41, 5.74) is 2.06. The van der Waals surface area contributed by atoms with E-state index < -0.39 is 0 Å². The van der Waals surface area contributed by atoms with Gasteiger partial charge in [-0.25, -0.2) is 0 Å². The molecule has 0 spiro atoms. The second kappa shape index (κ2) is 6.70. The van der Waals surface area contributed by atoms with E-state index in [2.05, 4.69) is 5.32 Å². The second-order valence-electron chi connectivity index (χ2n) is 2.69. The van der Waals surface area contributed by atoms with Gasteiger partial charge in [-0.1, -0.05) is 37.0 Å². The molecule has 0 bridgehead atoms. The fourth-order valence-electron chi connectivity index (χ4n) is 1.06. The Morgan fingerprint density at radius 2 is 1.67 bits per heavy atom. The van der Waals surface area contributed by atoms with Gasteiger partial charge in [-0.15, -0.1) is 0 Å². The molecule has 0 heterocycles. The van der Waals surface area contributed by atoms with Crippen LogP contribution in [0.5, 0.6) is 0 Å². The summed E-state index contributed by atoms with van der Waals surface area (Å²) < 4.78 is 0. The van der Waals surface area contributed by atoms with E-state index in [1.807, 2.05) is 13.8 Å². The van der Waals surface area contributed by atoms with Gasteiger partial charge in [0.15, 0.2) is 0 Å². The molecule has 0 aliphatic rings. The fourth-order valence-corrected chi connectivity index (χ4v) is 1.39. The third-order valence-electron chi connectivity index (χ3n) is 1.73. The highest BCUT2D eigenvalue weighted by Gasteiger charge is 2.07. The van der Waals surface area contributed by atoms with E-state index in [9.17, 15) is 0 Å². The van der Waals surface area contributed by atoms with Gasteiger partial charge in [0.1, 0.15) is 0 Å². The second-order valence-corrected chi connectivity index (χ2v) is 3.50. The Hall–Kier alpha value is -0.730. The molecule has 0 radical (unpaired) electrons. The van der Waals surface area contributed by atoms with Crippen molar-refractivity contribution in [3.63, 3.8) is 0 Å². The van der Waals surface area contributed by atoms with Gasteiger partial charge in [0.2, 0.25) is 0 Å². The maximum Gasteiger partial charge on any atom is 0.0613 e. The molecule has 0 aliphatic heterocycles. The first-order chi connectivity index (χ1) is 7.06. The van der Waals surface area contributed by atoms with Crippen LogP contribution < -0.4 is 5.32 Å². The van der Waals surface area contributed by atoms with Crippen LogP contribution in [0.15, 0.2) is 12.1 Å². The molecular weight excluding hydrogens is 231 g/mol. The summed E-state index contributed by atoms with van der Waals surface area (Å²) in [6.07, 6.45) is 0. The summed E-state index contributed by atoms with van der Waals surface area (Å²) in [6, 6.07) is 3.41. The number of rotatable bonds is 2. The molecule has 0 saturated carbocycles. The summed E-state index contributed by atoms with van der Waals surface area (Å²) in [5, 5.41) is 11.4. The SMILES string of the molecule is CC.CNc1cc(Cl)c(Cl)cc1C(C)=N. The van der Waals surface area contributed by atoms with Crippen LogP contribution in [0.3, 0.4) is 0 Å². The van der Waals surface area contributed by atoms with E-state index >= 15 is 0 Å². The first-order valence-electron chi connectivity index (χ1n) is 4.78. The Kier molecular flexibility index (Phi) is 6.37. The van der Waals surface area contributed by atoms with Gasteiger partial charge >= 0.3 is 0 Å². The van der Waals surface area contributed by atoms with Crippen molar-refractivity contribution in [1.29, 1.82) is 5.41 Å². The first-order valence-corrected chi connectivity index (χ1v) is 5.54. The Morgan fingerprint density at radius 1 is 1.20 bits per heavy atom. The topological polar surface area (TPSA) is 35.9 Å². The Morgan fingerprint density at radius 3 is 2.07 bits per heavy atom. The van der Waals surface area contributed by atoms with E-state index in [0.717, 1.165) is 11.3 Å². The molecule has 0 unspecified atom stereocenters. The molecule has 84 valence electrons. The van der Waals surface area contributed by atoms with Crippen LogP contribution in [0.1, 0.15) is 26.3 Å². The first kappa shape index (κ1) is 14.3. The Labute approximate surface area is 101 Å². The van der Waals surface area contributed by atoms with Crippen molar-refractivity contribution in [1.82, 2.24) is 0 Å². The molecule has 0 saturated heterocycles. The average Bonchev–Trinajstić information content (AvgIpc) is 2.24. The van der Waals surface area contributed by atoms with Crippen molar-refractivity contribution in [3.05, 3.63) is 27.7 Å². The number of anilines is 1. The van der Waals surface area contributed by atoms with Crippen molar-refractivity contribution >= 4 is 34.6 Å². The molecular formula is C11H16Cl2N2. The predicted molar refractivity (Wildman–Crippen MR) is 69.9 cm³/mol. The zero-order chi connectivity index (χ0) is 12.0. The van der Waals surface area contributed by atoms with Crippen molar-refractivity contribution in [2.45, 2.75) is 20.8 Å². The van der Waals surface area contributed by atoms with Gasteiger partial charge in [0.25, 0.3) is 0 Å². The number of hydrogen-bond donors (Lipinski definition) is 2. The highest BCUT2D eigenvalue weighted by atomic mass is 35.5. The molecule has 1 aromatic rings. The zero-order valence-electron chi connectivity index (χ0n) is 9.41. The van der Waals surface area contributed by atoms with E-state index in [1.165, 1.54) is 0 Å². The maximum absolute atomic E-state index is 7.50. The lowest BCUT2D eigenvalue weighted by Gasteiger charge is -2.09. The number of halogens is 2. The van der Waals surface area contributed by atoms with Crippen LogP contribution in [-0.4, -0.2) is 12.8 Å². The van der Waals surface area contributed by atoms with Gasteiger partial charge < -0.3 is 10.7 Å². The molecule has 1 rings (SSSR count). The van der Waals surface area contributed by atoms with Crippen LogP contribution in [0, 0.1) is 5.41 Å². The lowest BCUT2D eigenvalue weighted by molar-refractivity contribution is 1.42. The molecule has 2 nitrogen and oxygen atoms in total. The lowest BCUT2D eigenvalue weighted by atomic mass is 10.1. The average molecular weight is 247 g/mol. The van der Waals surface area contributed by atoms with Gasteiger partial charge in [0.05, 0.1) is 10.0 Å². The highest BCUT2D eigenvalue weighted by Crippen LogP contribution is 2.28. The zero-order valence-corrected chi connectivity index (χ0v) is 10.9. The fraction of sp³-hybridized carbons (Fsp3) is 0.364. The number of nitrogens with one attached hydrogen (secondary N) is 2. The van der Waals surface area contributed by atoms with Gasteiger partial charge in [-0.3, -0.25) is 0 Å². The molecule has 4 heteroatoms. The van der Waals surface area contributed by atoms with Crippen LogP contribution >= 0.6 is 23.2 Å². The number of hydrogen-bond acceptors (Lipinski definition) is 2. The molecule has 0 aromatic heterocycles. The van der Waals surface area contributed by atoms with Crippen molar-refractivity contribution in [2.24, 2.45) is 0 Å². The number of benzene rings is 1. The minimum Gasteiger partial charge on any atom is -0.388 e. The van der Waals surface area contributed by atoms with Gasteiger partial charge in [0, 0.05) is 24.0 Å². The van der Waals surface area contributed by atoms with E-state index in [1.54, 1.807) is 26.1 Å². The third-order valence-corrected chi connectivity index (χ3v) is 2.46. The normalized spacial score (nSPS) is 8.93. The van der Waals surface area contributed by atoms with Crippen molar-refractivity contribution in [2.75, 3.05) is 12.4 Å². The minimum absolute atomic E-state index is 0.461. The molecule has 15 heavy (non-hydrogen) atoms. The predicted octanol–water partition coefficient (Wildman–Crippen LogP) is 4.45. The van der Waals surface area contributed by atoms with E-state index in [0.29, 0.717) is 15.8 Å². The van der Waals surface area contributed by atoms with Crippen LogP contribution in [-0.2, 0) is 0 Å². The molecule has 0 amide bonds. The maximum atomic E-state index is 7.50. The van der Waals surface area contributed by atoms with Crippen LogP contribution in [0.2, 0.25) is 10.0 Å². The molecule has 0 fully saturated rings. The van der Waals surface area contributed by atoms with Gasteiger partial charge in [-0.05, 0) is 19.1 Å². The quantitative estimate of drug-likeness (QED) is 0.744. The van der Waals surface area contributed by atoms with E-state index in [-0.39, 0.29) is 0 Å². The minimum atomic E-state index is 0.461. The van der Waals surface area contributed by atoms with Crippen LogP contribution in [0.25, 0.3) is 0 Å². The summed E-state index contributed by atoms with van der Waals surface area (Å²) in [7, 11) is 1.78. The highest BCUT2D eigenvalue weighted by molar-refractivity contribution is 6.42. The Balaban J connectivity index is 0.000000921. The van der Waals surface area contributed by atoms with Gasteiger partial charge in [-0.2, -0.15) is 0 Å².